The number of carbonyl (C=O) groups is 3. The molecule has 1 aliphatic heterocycles. The van der Waals surface area contributed by atoms with E-state index in [2.05, 4.69) is 21.4 Å². The molecule has 3 fully saturated rings. The largest absolute Gasteiger partial charge is 0.471 e. The molecule has 0 bridgehead atoms. The van der Waals surface area contributed by atoms with Crippen LogP contribution in [-0.2, 0) is 24.4 Å². The van der Waals surface area contributed by atoms with E-state index in [1.807, 2.05) is 78.2 Å². The van der Waals surface area contributed by atoms with Gasteiger partial charge in [-0.1, -0.05) is 61.4 Å². The van der Waals surface area contributed by atoms with Gasteiger partial charge in [0.05, 0.1) is 27.2 Å². The van der Waals surface area contributed by atoms with Gasteiger partial charge in [-0.15, -0.1) is 11.3 Å². The molecule has 2 aromatic carbocycles. The van der Waals surface area contributed by atoms with Crippen molar-refractivity contribution in [2.75, 3.05) is 18.9 Å². The molecule has 5 atom stereocenters. The molecule has 7 rings (SSSR count). The Morgan fingerprint density at radius 2 is 1.71 bits per heavy atom. The number of thiophene rings is 1. The normalized spacial score (nSPS) is 22.0. The van der Waals surface area contributed by atoms with Crippen LogP contribution in [0.4, 0.5) is 5.69 Å². The van der Waals surface area contributed by atoms with Gasteiger partial charge in [0.15, 0.2) is 0 Å². The molecule has 2 saturated carbocycles. The molecule has 12 nitrogen and oxygen atoms in total. The summed E-state index contributed by atoms with van der Waals surface area (Å²) in [5.41, 5.74) is 2.90. The monoisotopic (exact) mass is 784 g/mol. The van der Waals surface area contributed by atoms with E-state index in [4.69, 9.17) is 14.7 Å². The van der Waals surface area contributed by atoms with Crippen molar-refractivity contribution >= 4 is 55.8 Å². The summed E-state index contributed by atoms with van der Waals surface area (Å²) in [6.07, 6.45) is 9.72. The summed E-state index contributed by atoms with van der Waals surface area (Å²) in [4.78, 5) is 52.4. The average molecular weight is 785 g/mol. The number of benzene rings is 2. The number of rotatable bonds is 17. The topological polar surface area (TPSA) is 160 Å². The fourth-order valence-corrected chi connectivity index (χ4v) is 9.10. The van der Waals surface area contributed by atoms with Crippen LogP contribution in [0.1, 0.15) is 64.7 Å². The van der Waals surface area contributed by atoms with Crippen molar-refractivity contribution in [3.63, 3.8) is 0 Å². The Balaban J connectivity index is 0.968. The second-order valence-corrected chi connectivity index (χ2v) is 18.1. The smallest absolute Gasteiger partial charge is 0.245 e. The molecule has 290 valence electrons. The molecule has 3 heterocycles. The Morgan fingerprint density at radius 1 is 0.964 bits per heavy atom. The van der Waals surface area contributed by atoms with Crippen LogP contribution in [0.5, 0.6) is 5.88 Å². The number of amides is 3. The van der Waals surface area contributed by atoms with E-state index in [1.165, 1.54) is 0 Å². The molecule has 14 heteroatoms. The zero-order chi connectivity index (χ0) is 38.6. The van der Waals surface area contributed by atoms with Gasteiger partial charge < -0.3 is 20.3 Å². The Bertz CT molecular complexity index is 2140. The van der Waals surface area contributed by atoms with Crippen LogP contribution in [-0.4, -0.2) is 77.5 Å². The maximum absolute atomic E-state index is 14.4. The molecule has 55 heavy (non-hydrogen) atoms. The number of anilines is 1. The number of ether oxygens (including phenoxy) is 1. The second kappa shape index (κ2) is 16.5. The van der Waals surface area contributed by atoms with E-state index in [-0.39, 0.29) is 30.2 Å². The third kappa shape index (κ3) is 9.02. The quantitative estimate of drug-likeness (QED) is 0.0853. The number of para-hydroxylation sites is 3. The summed E-state index contributed by atoms with van der Waals surface area (Å²) >= 11 is 1.54. The summed E-state index contributed by atoms with van der Waals surface area (Å²) < 4.78 is 32.9. The van der Waals surface area contributed by atoms with E-state index in [0.717, 1.165) is 41.8 Å². The van der Waals surface area contributed by atoms with Crippen molar-refractivity contribution in [2.45, 2.75) is 87.6 Å². The molecule has 3 N–H and O–H groups in total. The standard InChI is InChI=1S/C41H48N6O6S2/c1-41(21-22-41)55(51,52)46-37(48)30-24-27(30)14-7-4-3-5-10-19-33(43-28-15-8-6-9-16-28)40(50)47-26-29(25-34(47)38(49)42-2)53-39-36(35-20-13-23-54-35)44-31-17-11-12-18-32(31)45-39/h6-9,11-18,20,23,27,29-30,33-34,43H,3-5,10,19,21-22,24-26H2,1-2H3,(H,42,49)(H,46,48)/b14-7-/t27-,29-,30+,33+,34+/m1/s1. The number of likely N-dealkylation sites (tertiary alicyclic amines) is 1. The lowest BCUT2D eigenvalue weighted by Gasteiger charge is -2.29. The zero-order valence-corrected chi connectivity index (χ0v) is 32.8. The van der Waals surface area contributed by atoms with E-state index in [1.54, 1.807) is 30.2 Å². The second-order valence-electron chi connectivity index (χ2n) is 15.0. The third-order valence-corrected chi connectivity index (χ3v) is 13.9. The number of aromatic nitrogens is 2. The summed E-state index contributed by atoms with van der Waals surface area (Å²) in [6, 6.07) is 19.9. The molecule has 0 spiro atoms. The number of nitrogens with one attached hydrogen (secondary N) is 3. The molecular formula is C41H48N6O6S2. The number of hydrogen-bond donors (Lipinski definition) is 3. The first kappa shape index (κ1) is 38.5. The Hall–Kier alpha value is -4.82. The molecule has 1 saturated heterocycles. The summed E-state index contributed by atoms with van der Waals surface area (Å²) in [5.74, 6) is -0.660. The average Bonchev–Trinajstić information content (AvgIpc) is 4.01. The van der Waals surface area contributed by atoms with Gasteiger partial charge in [-0.2, -0.15) is 0 Å². The maximum Gasteiger partial charge on any atom is 0.245 e. The molecule has 3 aliphatic rings. The molecule has 0 unspecified atom stereocenters. The van der Waals surface area contributed by atoms with E-state index >= 15 is 0 Å². The number of allylic oxidation sites excluding steroid dienone is 2. The van der Waals surface area contributed by atoms with Crippen LogP contribution in [0.25, 0.3) is 21.6 Å². The number of hydrogen-bond acceptors (Lipinski definition) is 10. The van der Waals surface area contributed by atoms with Crippen LogP contribution in [0, 0.1) is 11.8 Å². The highest BCUT2D eigenvalue weighted by molar-refractivity contribution is 7.91. The SMILES string of the molecule is CNC(=O)[C@@H]1C[C@@H](Oc2nc3ccccc3nc2-c2cccs2)CN1C(=O)[C@H](CCCCC/C=C\[C@@H]1C[C@@H]1C(=O)NS(=O)(=O)C1(C)CC1)Nc1ccccc1. The lowest BCUT2D eigenvalue weighted by molar-refractivity contribution is -0.139. The van der Waals surface area contributed by atoms with Gasteiger partial charge in [0.1, 0.15) is 23.9 Å². The van der Waals surface area contributed by atoms with Gasteiger partial charge in [-0.3, -0.25) is 19.1 Å². The Kier molecular flexibility index (Phi) is 11.5. The maximum atomic E-state index is 14.4. The molecular weight excluding hydrogens is 737 g/mol. The molecule has 3 amide bonds. The van der Waals surface area contributed by atoms with Crippen molar-refractivity contribution in [1.82, 2.24) is 24.9 Å². The molecule has 4 aromatic rings. The highest BCUT2D eigenvalue weighted by atomic mass is 32.2. The van der Waals surface area contributed by atoms with Gasteiger partial charge in [-0.05, 0) is 87.1 Å². The van der Waals surface area contributed by atoms with Crippen LogP contribution < -0.4 is 20.1 Å². The fourth-order valence-electron chi connectivity index (χ4n) is 7.10. The number of sulfonamides is 1. The summed E-state index contributed by atoms with van der Waals surface area (Å²) in [6.45, 7) is 1.89. The molecule has 0 radical (unpaired) electrons. The van der Waals surface area contributed by atoms with E-state index in [9.17, 15) is 22.8 Å². The Labute approximate surface area is 326 Å². The molecule has 2 aliphatic carbocycles. The van der Waals surface area contributed by atoms with Gasteiger partial charge in [0, 0.05) is 25.1 Å². The van der Waals surface area contributed by atoms with Crippen LogP contribution in [0.3, 0.4) is 0 Å². The van der Waals surface area contributed by atoms with Crippen LogP contribution in [0.15, 0.2) is 84.3 Å². The fraction of sp³-hybridized carbons (Fsp3) is 0.439. The van der Waals surface area contributed by atoms with Gasteiger partial charge in [0.2, 0.25) is 33.6 Å². The minimum Gasteiger partial charge on any atom is -0.471 e. The van der Waals surface area contributed by atoms with Crippen molar-refractivity contribution in [3.05, 3.63) is 84.3 Å². The van der Waals surface area contributed by atoms with Crippen molar-refractivity contribution < 1.29 is 27.5 Å². The van der Waals surface area contributed by atoms with E-state index < -0.39 is 38.9 Å². The predicted molar refractivity (Wildman–Crippen MR) is 214 cm³/mol. The highest BCUT2D eigenvalue weighted by Crippen LogP contribution is 2.44. The van der Waals surface area contributed by atoms with Gasteiger partial charge in [-0.25, -0.2) is 18.4 Å². The third-order valence-electron chi connectivity index (χ3n) is 10.8. The highest BCUT2D eigenvalue weighted by Gasteiger charge is 2.52. The first-order chi connectivity index (χ1) is 26.5. The van der Waals surface area contributed by atoms with Gasteiger partial charge >= 0.3 is 0 Å². The van der Waals surface area contributed by atoms with Gasteiger partial charge in [0.25, 0.3) is 0 Å². The number of fused-ring (bicyclic) bond motifs is 1. The minimum atomic E-state index is -3.62. The Morgan fingerprint density at radius 3 is 2.42 bits per heavy atom. The zero-order valence-electron chi connectivity index (χ0n) is 31.1. The first-order valence-corrected chi connectivity index (χ1v) is 21.5. The van der Waals surface area contributed by atoms with Crippen molar-refractivity contribution in [1.29, 1.82) is 0 Å². The van der Waals surface area contributed by atoms with Crippen molar-refractivity contribution in [3.8, 4) is 16.5 Å². The van der Waals surface area contributed by atoms with Crippen molar-refractivity contribution in [2.24, 2.45) is 11.8 Å². The lowest BCUT2D eigenvalue weighted by Crippen LogP contribution is -2.50. The number of nitrogens with zero attached hydrogens (tertiary/aromatic N) is 3. The van der Waals surface area contributed by atoms with Crippen LogP contribution >= 0.6 is 11.3 Å². The van der Waals surface area contributed by atoms with E-state index in [0.29, 0.717) is 49.2 Å². The number of likely N-dealkylation sites (N-methyl/N-ethyl adjacent to an activating group) is 1. The number of unbranched alkanes of at least 4 members (excludes halogenated alkanes) is 3. The predicted octanol–water partition coefficient (Wildman–Crippen LogP) is 6.07. The summed E-state index contributed by atoms with van der Waals surface area (Å²) in [7, 11) is -2.04. The minimum absolute atomic E-state index is 0.0661. The lowest BCUT2D eigenvalue weighted by atomic mass is 10.0. The summed E-state index contributed by atoms with van der Waals surface area (Å²) in [5, 5.41) is 8.16. The van der Waals surface area contributed by atoms with Crippen LogP contribution in [0.2, 0.25) is 0 Å². The molecule has 2 aromatic heterocycles. The number of carbonyl (C=O) groups excluding carboxylic acids is 3. The first-order valence-electron chi connectivity index (χ1n) is 19.1.